The molecule has 1 aromatic heterocycles. The number of nitrogens with zero attached hydrogens (tertiary/aromatic N) is 1. The fraction of sp³-hybridized carbons (Fsp3) is 0.500. The number of aromatic nitrogens is 2. The van der Waals surface area contributed by atoms with Gasteiger partial charge in [0, 0.05) is 17.8 Å². The van der Waals surface area contributed by atoms with Gasteiger partial charge in [0.25, 0.3) is 5.56 Å². The highest BCUT2D eigenvalue weighted by Crippen LogP contribution is 1.94. The monoisotopic (exact) mass is 168 g/mol. The fourth-order valence-electron chi connectivity index (χ4n) is 1.05. The van der Waals surface area contributed by atoms with Crippen LogP contribution in [0.2, 0.25) is 0 Å². The SMILES string of the molecule is Cc1c[nH]c(=O)n(C(C)C)c1=O. The molecule has 1 rings (SSSR count). The molecule has 0 saturated heterocycles. The Bertz CT molecular complexity index is 387. The van der Waals surface area contributed by atoms with Crippen LogP contribution < -0.4 is 11.2 Å². The Kier molecular flexibility index (Phi) is 2.17. The molecule has 12 heavy (non-hydrogen) atoms. The van der Waals surface area contributed by atoms with Gasteiger partial charge in [0.2, 0.25) is 0 Å². The van der Waals surface area contributed by atoms with Crippen molar-refractivity contribution < 1.29 is 0 Å². The highest BCUT2D eigenvalue weighted by Gasteiger charge is 2.06. The number of nitrogens with one attached hydrogen (secondary N) is 1. The van der Waals surface area contributed by atoms with Crippen molar-refractivity contribution in [1.82, 2.24) is 9.55 Å². The first-order valence-electron chi connectivity index (χ1n) is 3.85. The Labute approximate surface area is 69.9 Å². The summed E-state index contributed by atoms with van der Waals surface area (Å²) in [5, 5.41) is 0. The molecule has 0 unspecified atom stereocenters. The van der Waals surface area contributed by atoms with Gasteiger partial charge in [-0.15, -0.1) is 0 Å². The van der Waals surface area contributed by atoms with Gasteiger partial charge in [-0.2, -0.15) is 0 Å². The lowest BCUT2D eigenvalue weighted by atomic mass is 10.3. The summed E-state index contributed by atoms with van der Waals surface area (Å²) in [6, 6.07) is -0.0962. The number of hydrogen-bond acceptors (Lipinski definition) is 2. The fourth-order valence-corrected chi connectivity index (χ4v) is 1.05. The lowest BCUT2D eigenvalue weighted by molar-refractivity contribution is 0.542. The summed E-state index contributed by atoms with van der Waals surface area (Å²) < 4.78 is 1.20. The van der Waals surface area contributed by atoms with E-state index in [1.807, 2.05) is 0 Å². The van der Waals surface area contributed by atoms with E-state index in [9.17, 15) is 9.59 Å². The third-order valence-electron chi connectivity index (χ3n) is 1.70. The van der Waals surface area contributed by atoms with Crippen molar-refractivity contribution in [3.8, 4) is 0 Å². The summed E-state index contributed by atoms with van der Waals surface area (Å²) in [7, 11) is 0. The molecule has 0 aliphatic heterocycles. The molecule has 0 spiro atoms. The standard InChI is InChI=1S/C8H12N2O2/c1-5(2)10-7(11)6(3)4-9-8(10)12/h4-5H,1-3H3,(H,9,12). The lowest BCUT2D eigenvalue weighted by Crippen LogP contribution is -2.37. The number of hydrogen-bond donors (Lipinski definition) is 1. The summed E-state index contributed by atoms with van der Waals surface area (Å²) in [5.41, 5.74) is -0.00218. The van der Waals surface area contributed by atoms with Crippen molar-refractivity contribution in [1.29, 1.82) is 0 Å². The maximum Gasteiger partial charge on any atom is 0.328 e. The summed E-state index contributed by atoms with van der Waals surface area (Å²) in [4.78, 5) is 25.0. The molecule has 1 heterocycles. The van der Waals surface area contributed by atoms with Crippen molar-refractivity contribution in [2.24, 2.45) is 0 Å². The highest BCUT2D eigenvalue weighted by atomic mass is 16.2. The molecule has 1 aromatic rings. The minimum atomic E-state index is -0.347. The first kappa shape index (κ1) is 8.77. The smallest absolute Gasteiger partial charge is 0.314 e. The number of rotatable bonds is 1. The topological polar surface area (TPSA) is 54.9 Å². The molecule has 0 atom stereocenters. The predicted molar refractivity (Wildman–Crippen MR) is 46.4 cm³/mol. The largest absolute Gasteiger partial charge is 0.328 e. The van der Waals surface area contributed by atoms with Crippen LogP contribution in [-0.4, -0.2) is 9.55 Å². The van der Waals surface area contributed by atoms with Crippen molar-refractivity contribution in [2.75, 3.05) is 0 Å². The van der Waals surface area contributed by atoms with E-state index in [1.165, 1.54) is 10.8 Å². The molecule has 66 valence electrons. The molecule has 0 fully saturated rings. The van der Waals surface area contributed by atoms with E-state index in [4.69, 9.17) is 0 Å². The van der Waals surface area contributed by atoms with Gasteiger partial charge in [0.1, 0.15) is 0 Å². The second-order valence-corrected chi connectivity index (χ2v) is 3.05. The van der Waals surface area contributed by atoms with Crippen LogP contribution in [0.5, 0.6) is 0 Å². The van der Waals surface area contributed by atoms with E-state index in [-0.39, 0.29) is 17.3 Å². The second kappa shape index (κ2) is 2.97. The van der Waals surface area contributed by atoms with Crippen molar-refractivity contribution in [2.45, 2.75) is 26.8 Å². The van der Waals surface area contributed by atoms with Crippen LogP contribution in [0.25, 0.3) is 0 Å². The normalized spacial score (nSPS) is 10.7. The van der Waals surface area contributed by atoms with Crippen LogP contribution in [-0.2, 0) is 0 Å². The minimum absolute atomic E-state index is 0.0962. The third-order valence-corrected chi connectivity index (χ3v) is 1.70. The Morgan fingerprint density at radius 3 is 2.42 bits per heavy atom. The molecule has 0 bridgehead atoms. The zero-order valence-electron chi connectivity index (χ0n) is 7.42. The van der Waals surface area contributed by atoms with Crippen LogP contribution in [0.3, 0.4) is 0 Å². The molecule has 4 nitrogen and oxygen atoms in total. The predicted octanol–water partition coefficient (Wildman–Crippen LogP) is 0.426. The zero-order valence-corrected chi connectivity index (χ0v) is 7.42. The number of aryl methyl sites for hydroxylation is 1. The van der Waals surface area contributed by atoms with Gasteiger partial charge in [-0.3, -0.25) is 9.36 Å². The van der Waals surface area contributed by atoms with Crippen LogP contribution >= 0.6 is 0 Å². The molecule has 0 aromatic carbocycles. The maximum atomic E-state index is 11.4. The average molecular weight is 168 g/mol. The highest BCUT2D eigenvalue weighted by molar-refractivity contribution is 5.01. The second-order valence-electron chi connectivity index (χ2n) is 3.05. The first-order chi connectivity index (χ1) is 5.54. The summed E-state index contributed by atoms with van der Waals surface area (Å²) >= 11 is 0. The van der Waals surface area contributed by atoms with E-state index in [0.717, 1.165) is 0 Å². The van der Waals surface area contributed by atoms with Crippen molar-refractivity contribution in [3.05, 3.63) is 32.6 Å². The zero-order chi connectivity index (χ0) is 9.30. The summed E-state index contributed by atoms with van der Waals surface area (Å²) in [5.74, 6) is 0. The number of aromatic amines is 1. The van der Waals surface area contributed by atoms with Gasteiger partial charge in [-0.05, 0) is 20.8 Å². The third kappa shape index (κ3) is 1.32. The van der Waals surface area contributed by atoms with E-state index < -0.39 is 0 Å². The molecule has 4 heteroatoms. The van der Waals surface area contributed by atoms with Crippen molar-refractivity contribution >= 4 is 0 Å². The Morgan fingerprint density at radius 1 is 1.42 bits per heavy atom. The van der Waals surface area contributed by atoms with E-state index in [0.29, 0.717) is 5.56 Å². The van der Waals surface area contributed by atoms with Crippen LogP contribution in [0.15, 0.2) is 15.8 Å². The van der Waals surface area contributed by atoms with Gasteiger partial charge < -0.3 is 4.98 Å². The summed E-state index contributed by atoms with van der Waals surface area (Å²) in [6.45, 7) is 5.28. The van der Waals surface area contributed by atoms with Gasteiger partial charge >= 0.3 is 5.69 Å². The summed E-state index contributed by atoms with van der Waals surface area (Å²) in [6.07, 6.45) is 1.43. The van der Waals surface area contributed by atoms with Gasteiger partial charge in [-0.1, -0.05) is 0 Å². The Hall–Kier alpha value is -1.32. The minimum Gasteiger partial charge on any atom is -0.314 e. The van der Waals surface area contributed by atoms with Gasteiger partial charge in [0.15, 0.2) is 0 Å². The quantitative estimate of drug-likeness (QED) is 0.661. The number of H-pyrrole nitrogens is 1. The average Bonchev–Trinajstić information content (AvgIpc) is 1.97. The van der Waals surface area contributed by atoms with E-state index in [1.54, 1.807) is 20.8 Å². The molecule has 0 aliphatic rings. The molecule has 0 radical (unpaired) electrons. The molecule has 0 amide bonds. The maximum absolute atomic E-state index is 11.4. The first-order valence-corrected chi connectivity index (χ1v) is 3.85. The molecular formula is C8H12N2O2. The van der Waals surface area contributed by atoms with E-state index in [2.05, 4.69) is 4.98 Å². The van der Waals surface area contributed by atoms with Crippen LogP contribution in [0, 0.1) is 6.92 Å². The molecular weight excluding hydrogens is 156 g/mol. The lowest BCUT2D eigenvalue weighted by Gasteiger charge is -2.07. The molecule has 0 saturated carbocycles. The van der Waals surface area contributed by atoms with E-state index >= 15 is 0 Å². The molecule has 1 N–H and O–H groups in total. The Balaban J connectivity index is 3.55. The van der Waals surface area contributed by atoms with Crippen molar-refractivity contribution in [3.63, 3.8) is 0 Å². The van der Waals surface area contributed by atoms with Gasteiger partial charge in [-0.25, -0.2) is 4.79 Å². The molecule has 0 aliphatic carbocycles. The van der Waals surface area contributed by atoms with Gasteiger partial charge in [0.05, 0.1) is 0 Å². The Morgan fingerprint density at radius 2 is 2.00 bits per heavy atom. The van der Waals surface area contributed by atoms with Crippen LogP contribution in [0.1, 0.15) is 25.5 Å². The van der Waals surface area contributed by atoms with Crippen LogP contribution in [0.4, 0.5) is 0 Å².